The van der Waals surface area contributed by atoms with E-state index in [1.54, 1.807) is 6.92 Å². The Morgan fingerprint density at radius 1 is 1.36 bits per heavy atom. The van der Waals surface area contributed by atoms with Gasteiger partial charge in [-0.3, -0.25) is 4.74 Å². The van der Waals surface area contributed by atoms with Crippen LogP contribution in [0.2, 0.25) is 0 Å². The SMILES string of the molecule is CC(CO)C(C)NCCOC(F)(F)F. The third kappa shape index (κ3) is 7.11. The van der Waals surface area contributed by atoms with Crippen molar-refractivity contribution in [1.82, 2.24) is 5.32 Å². The quantitative estimate of drug-likeness (QED) is 0.652. The van der Waals surface area contributed by atoms with Gasteiger partial charge in [0.15, 0.2) is 0 Å². The highest BCUT2D eigenvalue weighted by atomic mass is 19.4. The van der Waals surface area contributed by atoms with Crippen LogP contribution in [0.15, 0.2) is 0 Å². The summed E-state index contributed by atoms with van der Waals surface area (Å²) in [6, 6.07) is -0.0307. The van der Waals surface area contributed by atoms with Gasteiger partial charge in [0.1, 0.15) is 0 Å². The van der Waals surface area contributed by atoms with E-state index in [-0.39, 0.29) is 25.1 Å². The van der Waals surface area contributed by atoms with Crippen molar-refractivity contribution in [3.05, 3.63) is 0 Å². The highest BCUT2D eigenvalue weighted by molar-refractivity contribution is 4.66. The first kappa shape index (κ1) is 13.7. The molecule has 0 saturated carbocycles. The molecule has 3 nitrogen and oxygen atoms in total. The molecule has 0 radical (unpaired) electrons. The van der Waals surface area contributed by atoms with Crippen LogP contribution < -0.4 is 5.32 Å². The van der Waals surface area contributed by atoms with Gasteiger partial charge in [-0.2, -0.15) is 0 Å². The molecule has 0 aliphatic rings. The lowest BCUT2D eigenvalue weighted by Crippen LogP contribution is -2.36. The second-order valence-corrected chi connectivity index (χ2v) is 3.20. The van der Waals surface area contributed by atoms with Crippen molar-refractivity contribution in [2.45, 2.75) is 26.3 Å². The average molecular weight is 215 g/mol. The van der Waals surface area contributed by atoms with Crippen molar-refractivity contribution in [2.75, 3.05) is 19.8 Å². The first-order valence-electron chi connectivity index (χ1n) is 4.41. The Labute approximate surface area is 81.2 Å². The zero-order valence-corrected chi connectivity index (χ0v) is 8.27. The topological polar surface area (TPSA) is 41.5 Å². The fourth-order valence-electron chi connectivity index (χ4n) is 0.813. The van der Waals surface area contributed by atoms with E-state index in [1.807, 2.05) is 6.92 Å². The molecule has 0 bridgehead atoms. The number of alkyl halides is 3. The minimum Gasteiger partial charge on any atom is -0.396 e. The zero-order chi connectivity index (χ0) is 11.2. The minimum absolute atomic E-state index is 0.00823. The van der Waals surface area contributed by atoms with Crippen LogP contribution in [0.5, 0.6) is 0 Å². The highest BCUT2D eigenvalue weighted by Crippen LogP contribution is 2.15. The van der Waals surface area contributed by atoms with Gasteiger partial charge in [0, 0.05) is 19.2 Å². The van der Waals surface area contributed by atoms with Crippen LogP contribution in [0.4, 0.5) is 13.2 Å². The van der Waals surface area contributed by atoms with Crippen LogP contribution in [-0.2, 0) is 4.74 Å². The molecule has 0 amide bonds. The van der Waals surface area contributed by atoms with Crippen LogP contribution in [-0.4, -0.2) is 37.3 Å². The van der Waals surface area contributed by atoms with Gasteiger partial charge in [0.05, 0.1) is 6.61 Å². The number of hydrogen-bond donors (Lipinski definition) is 2. The van der Waals surface area contributed by atoms with Crippen LogP contribution in [0.25, 0.3) is 0 Å². The van der Waals surface area contributed by atoms with E-state index < -0.39 is 13.0 Å². The van der Waals surface area contributed by atoms with Gasteiger partial charge in [-0.05, 0) is 12.8 Å². The molecule has 0 aromatic rings. The summed E-state index contributed by atoms with van der Waals surface area (Å²) >= 11 is 0. The van der Waals surface area contributed by atoms with E-state index >= 15 is 0 Å². The first-order valence-corrected chi connectivity index (χ1v) is 4.41. The Kier molecular flexibility index (Phi) is 6.06. The predicted molar refractivity (Wildman–Crippen MR) is 45.7 cm³/mol. The van der Waals surface area contributed by atoms with Crippen molar-refractivity contribution in [2.24, 2.45) is 5.92 Å². The molecule has 0 aromatic carbocycles. The Bertz CT molecular complexity index is 152. The second kappa shape index (κ2) is 6.21. The third-order valence-corrected chi connectivity index (χ3v) is 1.98. The summed E-state index contributed by atoms with van der Waals surface area (Å²) in [7, 11) is 0. The largest absolute Gasteiger partial charge is 0.522 e. The van der Waals surface area contributed by atoms with Crippen LogP contribution >= 0.6 is 0 Å². The van der Waals surface area contributed by atoms with Gasteiger partial charge in [0.25, 0.3) is 0 Å². The standard InChI is InChI=1S/C8H16F3NO2/c1-6(5-13)7(2)12-3-4-14-8(9,10)11/h6-7,12-13H,3-5H2,1-2H3. The molecule has 6 heteroatoms. The number of aliphatic hydroxyl groups is 1. The first-order chi connectivity index (χ1) is 6.37. The minimum atomic E-state index is -4.56. The Morgan fingerprint density at radius 3 is 2.36 bits per heavy atom. The molecule has 0 spiro atoms. The molecule has 86 valence electrons. The van der Waals surface area contributed by atoms with Crippen molar-refractivity contribution in [3.8, 4) is 0 Å². The molecular formula is C8H16F3NO2. The molecular weight excluding hydrogens is 199 g/mol. The summed E-state index contributed by atoms with van der Waals surface area (Å²) in [6.45, 7) is 3.32. The number of hydrogen-bond acceptors (Lipinski definition) is 3. The molecule has 0 aliphatic carbocycles. The van der Waals surface area contributed by atoms with E-state index in [4.69, 9.17) is 5.11 Å². The van der Waals surface area contributed by atoms with Crippen LogP contribution in [0.1, 0.15) is 13.8 Å². The van der Waals surface area contributed by atoms with Crippen molar-refractivity contribution >= 4 is 0 Å². The molecule has 14 heavy (non-hydrogen) atoms. The molecule has 0 aliphatic heterocycles. The normalized spacial score (nSPS) is 16.7. The van der Waals surface area contributed by atoms with Crippen molar-refractivity contribution in [1.29, 1.82) is 0 Å². The van der Waals surface area contributed by atoms with E-state index in [9.17, 15) is 13.2 Å². The highest BCUT2D eigenvalue weighted by Gasteiger charge is 2.28. The fraction of sp³-hybridized carbons (Fsp3) is 1.00. The average Bonchev–Trinajstić information content (AvgIpc) is 2.09. The van der Waals surface area contributed by atoms with E-state index in [0.717, 1.165) is 0 Å². The maximum absolute atomic E-state index is 11.5. The lowest BCUT2D eigenvalue weighted by molar-refractivity contribution is -0.323. The number of halogens is 3. The summed E-state index contributed by atoms with van der Waals surface area (Å²) in [6.07, 6.45) is -4.56. The predicted octanol–water partition coefficient (Wildman–Crippen LogP) is 1.13. The molecule has 2 unspecified atom stereocenters. The molecule has 0 aromatic heterocycles. The molecule has 0 rings (SSSR count). The maximum Gasteiger partial charge on any atom is 0.522 e. The molecule has 0 fully saturated rings. The molecule has 2 atom stereocenters. The van der Waals surface area contributed by atoms with E-state index in [1.165, 1.54) is 0 Å². The monoisotopic (exact) mass is 215 g/mol. The number of aliphatic hydroxyl groups excluding tert-OH is 1. The fourth-order valence-corrected chi connectivity index (χ4v) is 0.813. The van der Waals surface area contributed by atoms with Gasteiger partial charge < -0.3 is 10.4 Å². The Balaban J connectivity index is 3.45. The van der Waals surface area contributed by atoms with Gasteiger partial charge in [-0.15, -0.1) is 13.2 Å². The Morgan fingerprint density at radius 2 is 1.93 bits per heavy atom. The molecule has 0 saturated heterocycles. The van der Waals surface area contributed by atoms with Crippen molar-refractivity contribution < 1.29 is 23.0 Å². The summed E-state index contributed by atoms with van der Waals surface area (Å²) in [5.74, 6) is 0.0147. The van der Waals surface area contributed by atoms with Gasteiger partial charge >= 0.3 is 6.36 Å². The van der Waals surface area contributed by atoms with Crippen LogP contribution in [0, 0.1) is 5.92 Å². The summed E-state index contributed by atoms with van der Waals surface area (Å²) in [5, 5.41) is 11.6. The molecule has 2 N–H and O–H groups in total. The van der Waals surface area contributed by atoms with Gasteiger partial charge in [0.2, 0.25) is 0 Å². The lowest BCUT2D eigenvalue weighted by atomic mass is 10.1. The van der Waals surface area contributed by atoms with Crippen molar-refractivity contribution in [3.63, 3.8) is 0 Å². The smallest absolute Gasteiger partial charge is 0.396 e. The van der Waals surface area contributed by atoms with Crippen LogP contribution in [0.3, 0.4) is 0 Å². The van der Waals surface area contributed by atoms with Gasteiger partial charge in [-0.25, -0.2) is 0 Å². The zero-order valence-electron chi connectivity index (χ0n) is 8.27. The summed E-state index contributed by atoms with van der Waals surface area (Å²) < 4.78 is 38.1. The van der Waals surface area contributed by atoms with E-state index in [0.29, 0.717) is 0 Å². The maximum atomic E-state index is 11.5. The lowest BCUT2D eigenvalue weighted by Gasteiger charge is -2.19. The number of rotatable bonds is 6. The van der Waals surface area contributed by atoms with Gasteiger partial charge in [-0.1, -0.05) is 6.92 Å². The number of nitrogens with one attached hydrogen (secondary N) is 1. The second-order valence-electron chi connectivity index (χ2n) is 3.20. The Hall–Kier alpha value is -0.330. The summed E-state index contributed by atoms with van der Waals surface area (Å²) in [5.41, 5.74) is 0. The van der Waals surface area contributed by atoms with E-state index in [2.05, 4.69) is 10.1 Å². The molecule has 0 heterocycles. The summed E-state index contributed by atoms with van der Waals surface area (Å²) in [4.78, 5) is 0. The third-order valence-electron chi connectivity index (χ3n) is 1.98. The number of ether oxygens (including phenoxy) is 1.